The lowest BCUT2D eigenvalue weighted by Gasteiger charge is -2.21. The number of aliphatic imine (C=N–C) groups is 2. The molecule has 0 fully saturated rings. The van der Waals surface area contributed by atoms with Gasteiger partial charge in [-0.1, -0.05) is 39.8 Å². The fourth-order valence-electron chi connectivity index (χ4n) is 2.91. The van der Waals surface area contributed by atoms with Crippen molar-refractivity contribution in [2.75, 3.05) is 19.8 Å². The first-order valence-corrected chi connectivity index (χ1v) is 9.40. The number of hydrogen-bond acceptors (Lipinski definition) is 6. The Balaban J connectivity index is 1.77. The van der Waals surface area contributed by atoms with Gasteiger partial charge in [-0.15, -0.1) is 0 Å². The van der Waals surface area contributed by atoms with Gasteiger partial charge in [-0.3, -0.25) is 0 Å². The molecule has 6 heteroatoms. The van der Waals surface area contributed by atoms with E-state index in [1.807, 2.05) is 17.0 Å². The van der Waals surface area contributed by atoms with E-state index in [1.54, 1.807) is 12.1 Å². The Morgan fingerprint density at radius 2 is 1.46 bits per heavy atom. The summed E-state index contributed by atoms with van der Waals surface area (Å²) in [6, 6.07) is 8.81. The molecule has 2 aliphatic rings. The number of hydrogen-bond donors (Lipinski definition) is 1. The summed E-state index contributed by atoms with van der Waals surface area (Å²) in [5, 5.41) is 9.45. The van der Waals surface area contributed by atoms with Crippen molar-refractivity contribution >= 4 is 12.0 Å². The lowest BCUT2D eigenvalue weighted by molar-refractivity contribution is 0.233. The highest BCUT2D eigenvalue weighted by Crippen LogP contribution is 2.21. The van der Waals surface area contributed by atoms with E-state index in [9.17, 15) is 5.11 Å². The standard InChI is InChI=1S/C20H29N3O3/c1-13(2)17-11-25-19(21-17)23(20-22-18(12-26-20)14(3)4)10-9-15-5-7-16(24)8-6-15/h5-8,13-14,17-18,24H,9-12H2,1-4H3/t17-,18-/m1/s1. The number of benzene rings is 1. The Kier molecular flexibility index (Phi) is 5.69. The van der Waals surface area contributed by atoms with Crippen LogP contribution >= 0.6 is 0 Å². The van der Waals surface area contributed by atoms with Crippen LogP contribution in [-0.4, -0.2) is 53.9 Å². The average molecular weight is 359 g/mol. The summed E-state index contributed by atoms with van der Waals surface area (Å²) in [5.41, 5.74) is 1.13. The Hall–Kier alpha value is -2.24. The largest absolute Gasteiger partial charge is 0.508 e. The molecule has 3 rings (SSSR count). The highest BCUT2D eigenvalue weighted by Gasteiger charge is 2.32. The summed E-state index contributed by atoms with van der Waals surface area (Å²) >= 11 is 0. The second-order valence-corrected chi connectivity index (χ2v) is 7.64. The van der Waals surface area contributed by atoms with Gasteiger partial charge in [-0.25, -0.2) is 14.9 Å². The first-order chi connectivity index (χ1) is 12.4. The molecule has 0 saturated carbocycles. The Bertz CT molecular complexity index is 633. The van der Waals surface area contributed by atoms with Gasteiger partial charge in [0.15, 0.2) is 0 Å². The maximum atomic E-state index is 9.45. The SMILES string of the molecule is CC(C)[C@H]1COC(N(CCc2ccc(O)cc2)C2=N[C@@H](C(C)C)CO2)=N1. The van der Waals surface area contributed by atoms with Crippen LogP contribution < -0.4 is 0 Å². The van der Waals surface area contributed by atoms with Crippen molar-refractivity contribution in [1.29, 1.82) is 0 Å². The van der Waals surface area contributed by atoms with Gasteiger partial charge in [0.25, 0.3) is 12.0 Å². The summed E-state index contributed by atoms with van der Waals surface area (Å²) in [4.78, 5) is 11.5. The van der Waals surface area contributed by atoms with Crippen molar-refractivity contribution in [3.63, 3.8) is 0 Å². The van der Waals surface area contributed by atoms with Crippen LogP contribution in [0.4, 0.5) is 0 Å². The van der Waals surface area contributed by atoms with E-state index in [0.29, 0.717) is 43.6 Å². The molecule has 2 atom stereocenters. The number of ether oxygens (including phenoxy) is 2. The van der Waals surface area contributed by atoms with Crippen LogP contribution in [0, 0.1) is 11.8 Å². The van der Waals surface area contributed by atoms with E-state index in [2.05, 4.69) is 27.7 Å². The Morgan fingerprint density at radius 3 is 1.88 bits per heavy atom. The van der Waals surface area contributed by atoms with E-state index in [1.165, 1.54) is 0 Å². The zero-order valence-corrected chi connectivity index (χ0v) is 16.1. The minimum Gasteiger partial charge on any atom is -0.508 e. The minimum atomic E-state index is 0.170. The van der Waals surface area contributed by atoms with Gasteiger partial charge in [0, 0.05) is 6.54 Å². The van der Waals surface area contributed by atoms with Crippen LogP contribution in [0.5, 0.6) is 5.75 Å². The van der Waals surface area contributed by atoms with Crippen LogP contribution in [0.15, 0.2) is 34.3 Å². The molecule has 1 aromatic carbocycles. The summed E-state index contributed by atoms with van der Waals surface area (Å²) in [7, 11) is 0. The second-order valence-electron chi connectivity index (χ2n) is 7.64. The molecule has 1 aromatic rings. The fraction of sp³-hybridized carbons (Fsp3) is 0.600. The van der Waals surface area contributed by atoms with E-state index >= 15 is 0 Å². The van der Waals surface area contributed by atoms with Gasteiger partial charge in [-0.05, 0) is 36.0 Å². The van der Waals surface area contributed by atoms with Crippen molar-refractivity contribution in [1.82, 2.24) is 4.90 Å². The predicted octanol–water partition coefficient (Wildman–Crippen LogP) is 3.06. The van der Waals surface area contributed by atoms with E-state index in [4.69, 9.17) is 19.5 Å². The zero-order valence-electron chi connectivity index (χ0n) is 16.1. The van der Waals surface area contributed by atoms with E-state index < -0.39 is 0 Å². The molecule has 26 heavy (non-hydrogen) atoms. The van der Waals surface area contributed by atoms with Crippen LogP contribution in [-0.2, 0) is 15.9 Å². The van der Waals surface area contributed by atoms with Gasteiger partial charge in [0.2, 0.25) is 0 Å². The lowest BCUT2D eigenvalue weighted by atomic mass is 10.1. The van der Waals surface area contributed by atoms with Gasteiger partial charge in [0.1, 0.15) is 19.0 Å². The van der Waals surface area contributed by atoms with Gasteiger partial charge >= 0.3 is 0 Å². The summed E-state index contributed by atoms with van der Waals surface area (Å²) in [5.74, 6) is 1.14. The lowest BCUT2D eigenvalue weighted by Crippen LogP contribution is -2.39. The predicted molar refractivity (Wildman–Crippen MR) is 103 cm³/mol. The number of nitrogens with zero attached hydrogens (tertiary/aromatic N) is 3. The van der Waals surface area contributed by atoms with Gasteiger partial charge in [0.05, 0.1) is 12.1 Å². The highest BCUT2D eigenvalue weighted by molar-refractivity contribution is 5.94. The molecule has 0 unspecified atom stereocenters. The Morgan fingerprint density at radius 1 is 0.962 bits per heavy atom. The number of rotatable bonds is 5. The van der Waals surface area contributed by atoms with Crippen LogP contribution in [0.25, 0.3) is 0 Å². The molecule has 2 heterocycles. The summed E-state index contributed by atoms with van der Waals surface area (Å²) < 4.78 is 11.8. The normalized spacial score (nSPS) is 22.2. The molecule has 0 bridgehead atoms. The molecule has 2 aliphatic heterocycles. The third-order valence-corrected chi connectivity index (χ3v) is 4.88. The number of aromatic hydroxyl groups is 1. The molecule has 0 spiro atoms. The number of amidine groups is 2. The summed E-state index contributed by atoms with van der Waals surface area (Å²) in [6.45, 7) is 10.5. The minimum absolute atomic E-state index is 0.170. The second kappa shape index (κ2) is 7.98. The monoisotopic (exact) mass is 359 g/mol. The van der Waals surface area contributed by atoms with E-state index in [-0.39, 0.29) is 17.8 Å². The molecular formula is C20H29N3O3. The quantitative estimate of drug-likeness (QED) is 0.877. The van der Waals surface area contributed by atoms with Crippen molar-refractivity contribution in [2.24, 2.45) is 21.8 Å². The van der Waals surface area contributed by atoms with Crippen LogP contribution in [0.2, 0.25) is 0 Å². The fourth-order valence-corrected chi connectivity index (χ4v) is 2.91. The molecule has 6 nitrogen and oxygen atoms in total. The molecule has 142 valence electrons. The molecule has 0 radical (unpaired) electrons. The van der Waals surface area contributed by atoms with Crippen molar-refractivity contribution < 1.29 is 14.6 Å². The first kappa shape index (κ1) is 18.5. The third kappa shape index (κ3) is 4.29. The van der Waals surface area contributed by atoms with Crippen molar-refractivity contribution in [3.05, 3.63) is 29.8 Å². The maximum absolute atomic E-state index is 9.45. The third-order valence-electron chi connectivity index (χ3n) is 4.88. The zero-order chi connectivity index (χ0) is 18.7. The number of phenols is 1. The van der Waals surface area contributed by atoms with Gasteiger partial charge < -0.3 is 14.6 Å². The van der Waals surface area contributed by atoms with Crippen molar-refractivity contribution in [3.8, 4) is 5.75 Å². The van der Waals surface area contributed by atoms with Crippen molar-refractivity contribution in [2.45, 2.75) is 46.2 Å². The van der Waals surface area contributed by atoms with E-state index in [0.717, 1.165) is 12.0 Å². The molecule has 0 aromatic heterocycles. The smallest absolute Gasteiger partial charge is 0.296 e. The van der Waals surface area contributed by atoms with Crippen LogP contribution in [0.1, 0.15) is 33.3 Å². The van der Waals surface area contributed by atoms with Crippen LogP contribution in [0.3, 0.4) is 0 Å². The first-order valence-electron chi connectivity index (χ1n) is 9.40. The maximum Gasteiger partial charge on any atom is 0.296 e. The molecule has 0 saturated heterocycles. The van der Waals surface area contributed by atoms with Gasteiger partial charge in [-0.2, -0.15) is 0 Å². The average Bonchev–Trinajstić information content (AvgIpc) is 3.27. The summed E-state index contributed by atoms with van der Waals surface area (Å²) in [6.07, 6.45) is 0.781. The Labute approximate surface area is 155 Å². The molecule has 0 aliphatic carbocycles. The molecule has 1 N–H and O–H groups in total. The number of phenolic OH excluding ortho intramolecular Hbond substituents is 1. The highest BCUT2D eigenvalue weighted by atomic mass is 16.5. The molecular weight excluding hydrogens is 330 g/mol. The molecule has 0 amide bonds. The topological polar surface area (TPSA) is 66.7 Å².